The molecule has 2 rings (SSSR count). The smallest absolute Gasteiger partial charge is 0.303 e. The van der Waals surface area contributed by atoms with Crippen molar-refractivity contribution in [2.75, 3.05) is 13.2 Å². The number of nitrogens with zero attached hydrogens (tertiary/aromatic N) is 2. The van der Waals surface area contributed by atoms with Crippen molar-refractivity contribution in [3.8, 4) is 0 Å². The molecule has 8 nitrogen and oxygen atoms in total. The third kappa shape index (κ3) is 3.75. The molecule has 122 valence electrons. The average Bonchev–Trinajstić information content (AvgIpc) is 2.45. The molecule has 2 amide bonds. The van der Waals surface area contributed by atoms with Crippen molar-refractivity contribution in [2.45, 2.75) is 50.6 Å². The lowest BCUT2D eigenvalue weighted by molar-refractivity contribution is -0.114. The molecule has 0 aromatic carbocycles. The van der Waals surface area contributed by atoms with Gasteiger partial charge in [0.1, 0.15) is 0 Å². The molecular weight excluding hydrogens is 288 g/mol. The standard InChI is InChI=1S/C14H22N4O4/c1-13(5-7-21-11(17-13)9(15)19)3-4-14(2)6-8-22-12(18-14)10(16)20/h3-8H2,1-2H3,(H2,15,19)(H2,16,20). The van der Waals surface area contributed by atoms with E-state index >= 15 is 0 Å². The molecule has 0 saturated heterocycles. The van der Waals surface area contributed by atoms with Crippen LogP contribution in [0.1, 0.15) is 39.5 Å². The van der Waals surface area contributed by atoms with Crippen molar-refractivity contribution in [1.82, 2.24) is 0 Å². The van der Waals surface area contributed by atoms with Gasteiger partial charge in [0, 0.05) is 12.8 Å². The van der Waals surface area contributed by atoms with E-state index < -0.39 is 22.9 Å². The topological polar surface area (TPSA) is 129 Å². The van der Waals surface area contributed by atoms with E-state index in [9.17, 15) is 9.59 Å². The molecule has 0 aromatic heterocycles. The Hall–Kier alpha value is -2.12. The van der Waals surface area contributed by atoms with Gasteiger partial charge in [0.25, 0.3) is 11.8 Å². The van der Waals surface area contributed by atoms with Crippen LogP contribution in [-0.2, 0) is 19.1 Å². The number of rotatable bonds is 5. The summed E-state index contributed by atoms with van der Waals surface area (Å²) in [6.45, 7) is 4.74. The fourth-order valence-corrected chi connectivity index (χ4v) is 2.55. The lowest BCUT2D eigenvalue weighted by atomic mass is 9.83. The third-order valence-corrected chi connectivity index (χ3v) is 4.13. The van der Waals surface area contributed by atoms with Crippen LogP contribution >= 0.6 is 0 Å². The van der Waals surface area contributed by atoms with Gasteiger partial charge in [0.2, 0.25) is 0 Å². The number of hydrogen-bond acceptors (Lipinski definition) is 6. The Balaban J connectivity index is 2.08. The molecule has 0 bridgehead atoms. The van der Waals surface area contributed by atoms with Gasteiger partial charge in [-0.2, -0.15) is 0 Å². The summed E-state index contributed by atoms with van der Waals surface area (Å²) in [6, 6.07) is 0. The second-order valence-electron chi connectivity index (χ2n) is 6.25. The molecule has 2 aliphatic rings. The van der Waals surface area contributed by atoms with Gasteiger partial charge in [0.15, 0.2) is 0 Å². The lowest BCUT2D eigenvalue weighted by Gasteiger charge is -2.35. The van der Waals surface area contributed by atoms with Crippen molar-refractivity contribution in [3.63, 3.8) is 0 Å². The fraction of sp³-hybridized carbons (Fsp3) is 0.714. The van der Waals surface area contributed by atoms with Crippen molar-refractivity contribution in [1.29, 1.82) is 0 Å². The maximum absolute atomic E-state index is 11.2. The molecule has 0 aromatic rings. The van der Waals surface area contributed by atoms with Crippen molar-refractivity contribution in [3.05, 3.63) is 0 Å². The van der Waals surface area contributed by atoms with Gasteiger partial charge in [-0.05, 0) is 26.7 Å². The number of carbonyl (C=O) groups excluding carboxylic acids is 2. The van der Waals surface area contributed by atoms with E-state index in [-0.39, 0.29) is 11.8 Å². The van der Waals surface area contributed by atoms with Gasteiger partial charge in [0.05, 0.1) is 24.3 Å². The summed E-state index contributed by atoms with van der Waals surface area (Å²) in [4.78, 5) is 31.1. The highest BCUT2D eigenvalue weighted by molar-refractivity contribution is 6.35. The van der Waals surface area contributed by atoms with Crippen LogP contribution in [0.5, 0.6) is 0 Å². The highest BCUT2D eigenvalue weighted by Crippen LogP contribution is 2.33. The largest absolute Gasteiger partial charge is 0.474 e. The van der Waals surface area contributed by atoms with E-state index in [0.717, 1.165) is 0 Å². The van der Waals surface area contributed by atoms with Crippen LogP contribution in [0.4, 0.5) is 0 Å². The van der Waals surface area contributed by atoms with Crippen LogP contribution in [0.25, 0.3) is 0 Å². The van der Waals surface area contributed by atoms with Crippen molar-refractivity contribution < 1.29 is 19.1 Å². The molecule has 8 heteroatoms. The molecule has 2 aliphatic heterocycles. The monoisotopic (exact) mass is 310 g/mol. The molecule has 0 fully saturated rings. The fourth-order valence-electron chi connectivity index (χ4n) is 2.55. The molecule has 0 aliphatic carbocycles. The summed E-state index contributed by atoms with van der Waals surface area (Å²) < 4.78 is 10.3. The number of carbonyl (C=O) groups is 2. The van der Waals surface area contributed by atoms with Crippen LogP contribution in [0.15, 0.2) is 9.98 Å². The Labute approximate surface area is 128 Å². The molecule has 22 heavy (non-hydrogen) atoms. The van der Waals surface area contributed by atoms with Gasteiger partial charge >= 0.3 is 11.8 Å². The van der Waals surface area contributed by atoms with Crippen LogP contribution in [0.3, 0.4) is 0 Å². The van der Waals surface area contributed by atoms with Crippen molar-refractivity contribution >= 4 is 23.6 Å². The quantitative estimate of drug-likeness (QED) is 0.734. The van der Waals surface area contributed by atoms with Gasteiger partial charge in [-0.3, -0.25) is 9.59 Å². The van der Waals surface area contributed by atoms with Gasteiger partial charge < -0.3 is 20.9 Å². The number of hydrogen-bond donors (Lipinski definition) is 2. The minimum Gasteiger partial charge on any atom is -0.474 e. The summed E-state index contributed by atoms with van der Waals surface area (Å²) >= 11 is 0. The summed E-state index contributed by atoms with van der Waals surface area (Å²) in [5.41, 5.74) is 9.59. The minimum atomic E-state index is -0.655. The Morgan fingerprint density at radius 1 is 0.955 bits per heavy atom. The lowest BCUT2D eigenvalue weighted by Crippen LogP contribution is -2.41. The zero-order valence-electron chi connectivity index (χ0n) is 12.9. The van der Waals surface area contributed by atoms with Crippen LogP contribution in [0, 0.1) is 0 Å². The van der Waals surface area contributed by atoms with E-state index in [4.69, 9.17) is 20.9 Å². The van der Waals surface area contributed by atoms with Crippen LogP contribution in [-0.4, -0.2) is 47.9 Å². The summed E-state index contributed by atoms with van der Waals surface area (Å²) in [5, 5.41) is 0. The van der Waals surface area contributed by atoms with Gasteiger partial charge in [-0.1, -0.05) is 0 Å². The highest BCUT2D eigenvalue weighted by Gasteiger charge is 2.36. The second-order valence-corrected chi connectivity index (χ2v) is 6.25. The maximum atomic E-state index is 11.2. The minimum absolute atomic E-state index is 0.0211. The average molecular weight is 310 g/mol. The number of nitrogens with two attached hydrogens (primary N) is 2. The first-order valence-corrected chi connectivity index (χ1v) is 7.28. The van der Waals surface area contributed by atoms with E-state index in [1.54, 1.807) is 0 Å². The van der Waals surface area contributed by atoms with E-state index in [1.807, 2.05) is 13.8 Å². The Morgan fingerprint density at radius 2 is 1.32 bits per heavy atom. The second kappa shape index (κ2) is 5.94. The first kappa shape index (κ1) is 16.3. The number of primary amides is 2. The van der Waals surface area contributed by atoms with E-state index in [2.05, 4.69) is 9.98 Å². The third-order valence-electron chi connectivity index (χ3n) is 4.13. The van der Waals surface area contributed by atoms with Gasteiger partial charge in [-0.15, -0.1) is 0 Å². The van der Waals surface area contributed by atoms with Crippen molar-refractivity contribution in [2.24, 2.45) is 21.5 Å². The first-order chi connectivity index (χ1) is 10.2. The summed E-state index contributed by atoms with van der Waals surface area (Å²) in [5.74, 6) is -1.35. The number of ether oxygens (including phenoxy) is 2. The molecule has 0 radical (unpaired) electrons. The van der Waals surface area contributed by atoms with Gasteiger partial charge in [-0.25, -0.2) is 9.98 Å². The Bertz CT molecular complexity index is 497. The molecule has 2 unspecified atom stereocenters. The van der Waals surface area contributed by atoms with Crippen LogP contribution in [0.2, 0.25) is 0 Å². The SMILES string of the molecule is CC1(CCC2(C)CCOC(C(N)=O)=N2)CCOC(C(N)=O)=N1. The number of amides is 2. The highest BCUT2D eigenvalue weighted by atomic mass is 16.5. The normalized spacial score (nSPS) is 31.4. The number of aliphatic imine (C=N–C) groups is 2. The summed E-state index contributed by atoms with van der Waals surface area (Å²) in [6.07, 6.45) is 2.78. The Kier molecular flexibility index (Phi) is 4.39. The molecule has 4 N–H and O–H groups in total. The zero-order chi connectivity index (χ0) is 16.4. The first-order valence-electron chi connectivity index (χ1n) is 7.28. The predicted molar refractivity (Wildman–Crippen MR) is 80.4 cm³/mol. The predicted octanol–water partition coefficient (Wildman–Crippen LogP) is -0.108. The zero-order valence-corrected chi connectivity index (χ0v) is 12.9. The van der Waals surface area contributed by atoms with Crippen LogP contribution < -0.4 is 11.5 Å². The molecular formula is C14H22N4O4. The Morgan fingerprint density at radius 3 is 1.64 bits per heavy atom. The summed E-state index contributed by atoms with van der Waals surface area (Å²) in [7, 11) is 0. The molecule has 2 atom stereocenters. The maximum Gasteiger partial charge on any atom is 0.303 e. The van der Waals surface area contributed by atoms with E-state index in [1.165, 1.54) is 0 Å². The molecule has 0 saturated carbocycles. The van der Waals surface area contributed by atoms with E-state index in [0.29, 0.717) is 38.9 Å². The molecule has 2 heterocycles. The molecule has 0 spiro atoms.